The van der Waals surface area contributed by atoms with Gasteiger partial charge in [-0.1, -0.05) is 12.1 Å². The van der Waals surface area contributed by atoms with Crippen LogP contribution >= 0.6 is 12.4 Å². The van der Waals surface area contributed by atoms with Crippen LogP contribution < -0.4 is 20.9 Å². The average Bonchev–Trinajstić information content (AvgIpc) is 2.54. The molecule has 25 heavy (non-hydrogen) atoms. The molecule has 0 radical (unpaired) electrons. The van der Waals surface area contributed by atoms with Gasteiger partial charge in [-0.15, -0.1) is 12.4 Å². The van der Waals surface area contributed by atoms with Crippen molar-refractivity contribution in [3.63, 3.8) is 0 Å². The molecular formula is C18H23ClN2O4. The smallest absolute Gasteiger partial charge is 0.252 e. The lowest BCUT2D eigenvalue weighted by Gasteiger charge is -2.05. The Morgan fingerprint density at radius 3 is 1.32 bits per heavy atom. The van der Waals surface area contributed by atoms with Crippen molar-refractivity contribution in [2.24, 2.45) is 11.5 Å². The molecule has 2 aromatic rings. The Morgan fingerprint density at radius 2 is 1.08 bits per heavy atom. The monoisotopic (exact) mass is 366 g/mol. The van der Waals surface area contributed by atoms with Crippen molar-refractivity contribution in [3.05, 3.63) is 58.7 Å². The molecular weight excluding hydrogens is 344 g/mol. The maximum Gasteiger partial charge on any atom is 0.252 e. The molecule has 0 aromatic heterocycles. The summed E-state index contributed by atoms with van der Waals surface area (Å²) in [6, 6.07) is 10.5. The van der Waals surface area contributed by atoms with Crippen LogP contribution in [0.2, 0.25) is 0 Å². The number of methoxy groups -OCH3 is 2. The predicted molar refractivity (Wildman–Crippen MR) is 99.7 cm³/mol. The van der Waals surface area contributed by atoms with Crippen LogP contribution in [-0.4, -0.2) is 26.0 Å². The zero-order valence-electron chi connectivity index (χ0n) is 14.7. The topological polar surface area (TPSA) is 105 Å². The van der Waals surface area contributed by atoms with Crippen molar-refractivity contribution in [3.8, 4) is 11.5 Å². The summed E-state index contributed by atoms with van der Waals surface area (Å²) in [5, 5.41) is 0. The van der Waals surface area contributed by atoms with Gasteiger partial charge in [0.2, 0.25) is 0 Å². The summed E-state index contributed by atoms with van der Waals surface area (Å²) >= 11 is 0. The highest BCUT2D eigenvalue weighted by Crippen LogP contribution is 2.19. The largest absolute Gasteiger partial charge is 0.496 e. The van der Waals surface area contributed by atoms with E-state index in [0.29, 0.717) is 22.6 Å². The Labute approximate surface area is 153 Å². The van der Waals surface area contributed by atoms with Crippen molar-refractivity contribution in [2.75, 3.05) is 14.2 Å². The number of carbonyl (C=O) groups excluding carboxylic acids is 2. The Morgan fingerprint density at radius 1 is 0.760 bits per heavy atom. The number of aryl methyl sites for hydroxylation is 2. The lowest BCUT2D eigenvalue weighted by molar-refractivity contribution is 0.0988. The van der Waals surface area contributed by atoms with E-state index in [0.717, 1.165) is 11.1 Å². The summed E-state index contributed by atoms with van der Waals surface area (Å²) in [6.45, 7) is 3.85. The van der Waals surface area contributed by atoms with Gasteiger partial charge >= 0.3 is 0 Å². The fraction of sp³-hybridized carbons (Fsp3) is 0.222. The van der Waals surface area contributed by atoms with Gasteiger partial charge in [-0.05, 0) is 49.2 Å². The maximum absolute atomic E-state index is 10.8. The van der Waals surface area contributed by atoms with E-state index in [1.165, 1.54) is 14.2 Å². The number of amides is 2. The molecule has 0 bridgehead atoms. The van der Waals surface area contributed by atoms with Crippen LogP contribution in [0.1, 0.15) is 31.8 Å². The van der Waals surface area contributed by atoms with Crippen LogP contribution in [0.5, 0.6) is 11.5 Å². The minimum absolute atomic E-state index is 0. The van der Waals surface area contributed by atoms with E-state index >= 15 is 0 Å². The summed E-state index contributed by atoms with van der Waals surface area (Å²) < 4.78 is 9.97. The third kappa shape index (κ3) is 6.35. The van der Waals surface area contributed by atoms with Gasteiger partial charge in [0.05, 0.1) is 25.3 Å². The lowest BCUT2D eigenvalue weighted by atomic mass is 10.1. The molecule has 0 heterocycles. The number of hydrogen-bond acceptors (Lipinski definition) is 4. The van der Waals surface area contributed by atoms with Gasteiger partial charge in [0.25, 0.3) is 11.8 Å². The normalized spacial score (nSPS) is 9.12. The second-order valence-electron chi connectivity index (χ2n) is 5.14. The number of ether oxygens (including phenoxy) is 2. The first-order valence-electron chi connectivity index (χ1n) is 7.19. The molecule has 0 atom stereocenters. The summed E-state index contributed by atoms with van der Waals surface area (Å²) in [4.78, 5) is 21.7. The summed E-state index contributed by atoms with van der Waals surface area (Å²) in [5.41, 5.74) is 13.2. The molecule has 0 saturated carbocycles. The first-order valence-corrected chi connectivity index (χ1v) is 7.19. The average molecular weight is 367 g/mol. The minimum Gasteiger partial charge on any atom is -0.496 e. The van der Waals surface area contributed by atoms with Crippen molar-refractivity contribution in [1.82, 2.24) is 0 Å². The number of halogens is 1. The molecule has 0 saturated heterocycles. The highest BCUT2D eigenvalue weighted by molar-refractivity contribution is 5.96. The highest BCUT2D eigenvalue weighted by atomic mass is 35.5. The molecule has 0 aliphatic carbocycles. The molecule has 7 heteroatoms. The Bertz CT molecular complexity index is 684. The highest BCUT2D eigenvalue weighted by Gasteiger charge is 2.08. The van der Waals surface area contributed by atoms with E-state index in [-0.39, 0.29) is 12.4 Å². The molecule has 2 aromatic carbocycles. The molecule has 0 aliphatic rings. The maximum atomic E-state index is 10.8. The fourth-order valence-electron chi connectivity index (χ4n) is 2.00. The van der Waals surface area contributed by atoms with Crippen LogP contribution in [0.3, 0.4) is 0 Å². The Kier molecular flexibility index (Phi) is 9.09. The Balaban J connectivity index is 0.000000443. The molecule has 0 unspecified atom stereocenters. The van der Waals surface area contributed by atoms with Crippen molar-refractivity contribution >= 4 is 24.2 Å². The van der Waals surface area contributed by atoms with Crippen molar-refractivity contribution in [1.29, 1.82) is 0 Å². The first kappa shape index (κ1) is 22.3. The van der Waals surface area contributed by atoms with Gasteiger partial charge in [0.15, 0.2) is 0 Å². The summed E-state index contributed by atoms with van der Waals surface area (Å²) in [5.74, 6) is 0.128. The third-order valence-electron chi connectivity index (χ3n) is 3.24. The van der Waals surface area contributed by atoms with Gasteiger partial charge in [-0.25, -0.2) is 0 Å². The first-order chi connectivity index (χ1) is 11.3. The zero-order chi connectivity index (χ0) is 18.3. The number of nitrogens with two attached hydrogens (primary N) is 2. The van der Waals surface area contributed by atoms with Crippen molar-refractivity contribution < 1.29 is 19.1 Å². The van der Waals surface area contributed by atoms with E-state index in [1.54, 1.807) is 24.3 Å². The number of primary amides is 2. The van der Waals surface area contributed by atoms with E-state index in [2.05, 4.69) is 0 Å². The SMILES string of the molecule is COc1cc(C)ccc1C(N)=O.COc1cc(C)ccc1C(N)=O.Cl. The van der Waals surface area contributed by atoms with Crippen LogP contribution in [0.25, 0.3) is 0 Å². The van der Waals surface area contributed by atoms with Gasteiger partial charge in [0, 0.05) is 0 Å². The minimum atomic E-state index is -0.466. The molecule has 6 nitrogen and oxygen atoms in total. The second-order valence-corrected chi connectivity index (χ2v) is 5.14. The molecule has 136 valence electrons. The Hall–Kier alpha value is -2.73. The van der Waals surface area contributed by atoms with Crippen LogP contribution in [0.15, 0.2) is 36.4 Å². The van der Waals surface area contributed by atoms with E-state index in [9.17, 15) is 9.59 Å². The van der Waals surface area contributed by atoms with Crippen LogP contribution in [-0.2, 0) is 0 Å². The number of rotatable bonds is 4. The quantitative estimate of drug-likeness (QED) is 0.867. The molecule has 4 N–H and O–H groups in total. The van der Waals surface area contributed by atoms with Gasteiger partial charge < -0.3 is 20.9 Å². The summed E-state index contributed by atoms with van der Waals surface area (Å²) in [6.07, 6.45) is 0. The van der Waals surface area contributed by atoms with E-state index in [4.69, 9.17) is 20.9 Å². The van der Waals surface area contributed by atoms with Gasteiger partial charge in [-0.3, -0.25) is 9.59 Å². The van der Waals surface area contributed by atoms with E-state index in [1.807, 2.05) is 26.0 Å². The third-order valence-corrected chi connectivity index (χ3v) is 3.24. The lowest BCUT2D eigenvalue weighted by Crippen LogP contribution is -2.12. The molecule has 0 aliphatic heterocycles. The van der Waals surface area contributed by atoms with Gasteiger partial charge in [0.1, 0.15) is 11.5 Å². The molecule has 2 amide bonds. The van der Waals surface area contributed by atoms with Crippen molar-refractivity contribution in [2.45, 2.75) is 13.8 Å². The zero-order valence-corrected chi connectivity index (χ0v) is 15.5. The van der Waals surface area contributed by atoms with E-state index < -0.39 is 11.8 Å². The number of hydrogen-bond donors (Lipinski definition) is 2. The molecule has 0 fully saturated rings. The fourth-order valence-corrected chi connectivity index (χ4v) is 2.00. The van der Waals surface area contributed by atoms with Gasteiger partial charge in [-0.2, -0.15) is 0 Å². The standard InChI is InChI=1S/2C9H11NO2.ClH/c2*1-6-3-4-7(9(10)11)8(5-6)12-2;/h2*3-5H,1-2H3,(H2,10,11);1H. The molecule has 2 rings (SSSR count). The predicted octanol–water partition coefficient (Wildman–Crippen LogP) is 2.63. The number of benzene rings is 2. The second kappa shape index (κ2) is 10.2. The summed E-state index contributed by atoms with van der Waals surface area (Å²) in [7, 11) is 3.03. The number of carbonyl (C=O) groups is 2. The van der Waals surface area contributed by atoms with Crippen LogP contribution in [0, 0.1) is 13.8 Å². The van der Waals surface area contributed by atoms with Crippen LogP contribution in [0.4, 0.5) is 0 Å². The molecule has 0 spiro atoms.